The monoisotopic (exact) mass is 436 g/mol. The molecule has 0 radical (unpaired) electrons. The molecule has 0 aromatic carbocycles. The van der Waals surface area contributed by atoms with Gasteiger partial charge in [0.2, 0.25) is 0 Å². The van der Waals surface area contributed by atoms with E-state index in [2.05, 4.69) is 53.3 Å². The molecular weight excluding hydrogens is 407 g/mol. The minimum Gasteiger partial charge on any atom is -0.357 e. The molecule has 0 amide bonds. The van der Waals surface area contributed by atoms with Crippen molar-refractivity contribution in [3.8, 4) is 0 Å². The summed E-state index contributed by atoms with van der Waals surface area (Å²) < 4.78 is 0. The average molecular weight is 436 g/mol. The summed E-state index contributed by atoms with van der Waals surface area (Å²) in [5, 5.41) is 11.2. The molecular formula is C16H29IN4S. The second kappa shape index (κ2) is 10.4. The van der Waals surface area contributed by atoms with E-state index in [0.29, 0.717) is 12.0 Å². The van der Waals surface area contributed by atoms with E-state index < -0.39 is 0 Å². The van der Waals surface area contributed by atoms with Crippen LogP contribution in [-0.4, -0.2) is 50.1 Å². The second-order valence-corrected chi connectivity index (χ2v) is 6.61. The van der Waals surface area contributed by atoms with Crippen LogP contribution in [0.1, 0.15) is 38.2 Å². The van der Waals surface area contributed by atoms with Crippen LogP contribution >= 0.6 is 35.3 Å². The Hall–Kier alpha value is -0.340. The number of rotatable bonds is 6. The van der Waals surface area contributed by atoms with Crippen molar-refractivity contribution in [1.82, 2.24) is 15.5 Å². The summed E-state index contributed by atoms with van der Waals surface area (Å²) in [4.78, 5) is 7.17. The number of halogens is 1. The maximum Gasteiger partial charge on any atom is 0.191 e. The van der Waals surface area contributed by atoms with Gasteiger partial charge in [0, 0.05) is 31.6 Å². The summed E-state index contributed by atoms with van der Waals surface area (Å²) >= 11 is 1.75. The molecule has 1 fully saturated rings. The summed E-state index contributed by atoms with van der Waals surface area (Å²) in [5.74, 6) is 1.42. The van der Waals surface area contributed by atoms with Crippen LogP contribution in [0.15, 0.2) is 21.8 Å². The van der Waals surface area contributed by atoms with Gasteiger partial charge >= 0.3 is 0 Å². The third kappa shape index (κ3) is 6.04. The lowest BCUT2D eigenvalue weighted by Crippen LogP contribution is -2.44. The lowest BCUT2D eigenvalue weighted by Gasteiger charge is -2.21. The summed E-state index contributed by atoms with van der Waals surface area (Å²) in [6.07, 6.45) is 2.60. The molecule has 1 aromatic heterocycles. The topological polar surface area (TPSA) is 39.7 Å². The molecule has 2 N–H and O–H groups in total. The molecule has 2 rings (SSSR count). The number of guanidine groups is 1. The number of aliphatic imine (C=N–C) groups is 1. The van der Waals surface area contributed by atoms with Gasteiger partial charge in [-0.15, -0.1) is 24.0 Å². The van der Waals surface area contributed by atoms with Gasteiger partial charge in [-0.3, -0.25) is 4.99 Å². The lowest BCUT2D eigenvalue weighted by atomic mass is 10.1. The quantitative estimate of drug-likeness (QED) is 0.409. The van der Waals surface area contributed by atoms with Crippen LogP contribution in [-0.2, 0) is 0 Å². The van der Waals surface area contributed by atoms with Crippen LogP contribution in [0.2, 0.25) is 0 Å². The molecule has 1 aliphatic heterocycles. The smallest absolute Gasteiger partial charge is 0.191 e. The predicted octanol–water partition coefficient (Wildman–Crippen LogP) is 3.12. The first-order chi connectivity index (χ1) is 10.2. The van der Waals surface area contributed by atoms with Crippen molar-refractivity contribution in [2.45, 2.75) is 38.6 Å². The summed E-state index contributed by atoms with van der Waals surface area (Å²) in [6.45, 7) is 8.27. The fourth-order valence-electron chi connectivity index (χ4n) is 2.68. The standard InChI is InChI=1S/C16H28N4S.HI/c1-4-17-16(19-11-15-6-5-8-20(15)3)18-10-13(2)14-7-9-21-12-14;/h7,9,12-13,15H,4-6,8,10-11H2,1-3H3,(H2,17,18,19);1H. The largest absolute Gasteiger partial charge is 0.357 e. The molecule has 126 valence electrons. The van der Waals surface area contributed by atoms with Crippen molar-refractivity contribution < 1.29 is 0 Å². The molecule has 0 bridgehead atoms. The van der Waals surface area contributed by atoms with E-state index in [0.717, 1.165) is 25.6 Å². The van der Waals surface area contributed by atoms with E-state index in [1.165, 1.54) is 24.9 Å². The van der Waals surface area contributed by atoms with Gasteiger partial charge in [-0.2, -0.15) is 11.3 Å². The highest BCUT2D eigenvalue weighted by Crippen LogP contribution is 2.18. The number of hydrogen-bond donors (Lipinski definition) is 2. The molecule has 2 unspecified atom stereocenters. The Morgan fingerprint density at radius 3 is 2.91 bits per heavy atom. The van der Waals surface area contributed by atoms with Gasteiger partial charge in [-0.1, -0.05) is 6.92 Å². The normalized spacial score (nSPS) is 20.5. The molecule has 2 atom stereocenters. The third-order valence-electron chi connectivity index (χ3n) is 4.16. The predicted molar refractivity (Wildman–Crippen MR) is 108 cm³/mol. The first kappa shape index (κ1) is 19.7. The van der Waals surface area contributed by atoms with Gasteiger partial charge in [0.1, 0.15) is 0 Å². The Balaban J connectivity index is 0.00000242. The number of hydrogen-bond acceptors (Lipinski definition) is 3. The van der Waals surface area contributed by atoms with E-state index in [1.807, 2.05) is 0 Å². The Morgan fingerprint density at radius 2 is 2.32 bits per heavy atom. The number of nitrogens with one attached hydrogen (secondary N) is 2. The molecule has 2 heterocycles. The highest BCUT2D eigenvalue weighted by Gasteiger charge is 2.20. The Kier molecular flexibility index (Phi) is 9.35. The van der Waals surface area contributed by atoms with Gasteiger partial charge in [0.15, 0.2) is 5.96 Å². The second-order valence-electron chi connectivity index (χ2n) is 5.83. The Bertz CT molecular complexity index is 435. The van der Waals surface area contributed by atoms with Gasteiger partial charge < -0.3 is 15.5 Å². The Morgan fingerprint density at radius 1 is 1.50 bits per heavy atom. The van der Waals surface area contributed by atoms with Gasteiger partial charge in [0.25, 0.3) is 0 Å². The van der Waals surface area contributed by atoms with Crippen LogP contribution in [0.25, 0.3) is 0 Å². The minimum atomic E-state index is 0. The van der Waals surface area contributed by atoms with E-state index in [-0.39, 0.29) is 24.0 Å². The van der Waals surface area contributed by atoms with E-state index in [4.69, 9.17) is 4.99 Å². The molecule has 6 heteroatoms. The molecule has 0 aliphatic carbocycles. The van der Waals surface area contributed by atoms with Crippen molar-refractivity contribution >= 4 is 41.3 Å². The molecule has 1 aromatic rings. The molecule has 0 saturated carbocycles. The molecule has 1 saturated heterocycles. The third-order valence-corrected chi connectivity index (χ3v) is 4.86. The first-order valence-electron chi connectivity index (χ1n) is 7.95. The number of thiophene rings is 1. The van der Waals surface area contributed by atoms with Crippen molar-refractivity contribution in [3.63, 3.8) is 0 Å². The van der Waals surface area contributed by atoms with Crippen LogP contribution in [0, 0.1) is 0 Å². The van der Waals surface area contributed by atoms with Crippen LogP contribution < -0.4 is 10.6 Å². The van der Waals surface area contributed by atoms with Crippen molar-refractivity contribution in [2.75, 3.05) is 33.2 Å². The zero-order valence-corrected chi connectivity index (χ0v) is 17.0. The maximum atomic E-state index is 4.74. The van der Waals surface area contributed by atoms with Gasteiger partial charge in [-0.25, -0.2) is 0 Å². The fourth-order valence-corrected chi connectivity index (χ4v) is 3.46. The van der Waals surface area contributed by atoms with Gasteiger partial charge in [0.05, 0.1) is 0 Å². The Labute approximate surface area is 155 Å². The molecule has 0 spiro atoms. The summed E-state index contributed by atoms with van der Waals surface area (Å²) in [6, 6.07) is 2.83. The van der Waals surface area contributed by atoms with Crippen molar-refractivity contribution in [3.05, 3.63) is 22.4 Å². The number of likely N-dealkylation sites (tertiary alicyclic amines) is 1. The highest BCUT2D eigenvalue weighted by atomic mass is 127. The zero-order chi connectivity index (χ0) is 15.1. The highest BCUT2D eigenvalue weighted by molar-refractivity contribution is 14.0. The van der Waals surface area contributed by atoms with Crippen LogP contribution in [0.5, 0.6) is 0 Å². The van der Waals surface area contributed by atoms with Crippen LogP contribution in [0.4, 0.5) is 0 Å². The van der Waals surface area contributed by atoms with E-state index in [1.54, 1.807) is 11.3 Å². The average Bonchev–Trinajstić information content (AvgIpc) is 3.13. The lowest BCUT2D eigenvalue weighted by molar-refractivity contribution is 0.309. The van der Waals surface area contributed by atoms with E-state index >= 15 is 0 Å². The van der Waals surface area contributed by atoms with E-state index in [9.17, 15) is 0 Å². The van der Waals surface area contributed by atoms with Crippen molar-refractivity contribution in [1.29, 1.82) is 0 Å². The minimum absolute atomic E-state index is 0. The number of likely N-dealkylation sites (N-methyl/N-ethyl adjacent to an activating group) is 1. The van der Waals surface area contributed by atoms with Crippen LogP contribution in [0.3, 0.4) is 0 Å². The molecule has 4 nitrogen and oxygen atoms in total. The number of nitrogens with zero attached hydrogens (tertiary/aromatic N) is 2. The first-order valence-corrected chi connectivity index (χ1v) is 8.89. The fraction of sp³-hybridized carbons (Fsp3) is 0.688. The molecule has 1 aliphatic rings. The molecule has 22 heavy (non-hydrogen) atoms. The summed E-state index contributed by atoms with van der Waals surface area (Å²) in [7, 11) is 2.21. The van der Waals surface area contributed by atoms with Crippen molar-refractivity contribution in [2.24, 2.45) is 4.99 Å². The SMILES string of the molecule is CCNC(=NCC(C)c1ccsc1)NCC1CCCN1C.I. The summed E-state index contributed by atoms with van der Waals surface area (Å²) in [5.41, 5.74) is 1.38. The zero-order valence-electron chi connectivity index (χ0n) is 13.8. The van der Waals surface area contributed by atoms with Gasteiger partial charge in [-0.05, 0) is 55.7 Å². The maximum absolute atomic E-state index is 4.74.